The van der Waals surface area contributed by atoms with Crippen LogP contribution in [0.3, 0.4) is 0 Å². The van der Waals surface area contributed by atoms with E-state index in [-0.39, 0.29) is 27.5 Å². The molecule has 0 bridgehead atoms. The Balaban J connectivity index is 1.75. The minimum absolute atomic E-state index is 0.0259. The van der Waals surface area contributed by atoms with Crippen LogP contribution in [0.5, 0.6) is 0 Å². The predicted molar refractivity (Wildman–Crippen MR) is 113 cm³/mol. The maximum absolute atomic E-state index is 13.1. The van der Waals surface area contributed by atoms with Gasteiger partial charge in [0.05, 0.1) is 11.6 Å². The molecule has 3 rings (SSSR count). The molecule has 0 N–H and O–H groups in total. The average Bonchev–Trinajstić information content (AvgIpc) is 3.04. The summed E-state index contributed by atoms with van der Waals surface area (Å²) in [5.74, 6) is -0.275. The first-order chi connectivity index (χ1) is 14.3. The number of benzene rings is 1. The van der Waals surface area contributed by atoms with Crippen molar-refractivity contribution < 1.29 is 22.7 Å². The number of hydrogen-bond acceptors (Lipinski definition) is 5. The van der Waals surface area contributed by atoms with Crippen molar-refractivity contribution in [2.45, 2.75) is 37.5 Å². The number of rotatable bonds is 4. The van der Waals surface area contributed by atoms with E-state index in [0.717, 1.165) is 25.7 Å². The molecule has 166 valence electrons. The van der Waals surface area contributed by atoms with E-state index in [9.17, 15) is 18.0 Å². The van der Waals surface area contributed by atoms with Gasteiger partial charge >= 0.3 is 6.09 Å². The molecule has 2 fully saturated rings. The number of nitrogens with zero attached hydrogens (tertiary/aromatic N) is 3. The SMILES string of the molecule is CCOC(=O)N1CCN(C(=O)c2ccc(Cl)c(S(=O)(=O)N3CCCCCC3)c2)CC1. The number of piperazine rings is 1. The third-order valence-corrected chi connectivity index (χ3v) is 7.83. The topological polar surface area (TPSA) is 87.2 Å². The van der Waals surface area contributed by atoms with Gasteiger partial charge in [-0.15, -0.1) is 0 Å². The Kier molecular flexibility index (Phi) is 7.60. The first-order valence-corrected chi connectivity index (χ1v) is 12.2. The molecule has 0 spiro atoms. The summed E-state index contributed by atoms with van der Waals surface area (Å²) in [5, 5.41) is 0.114. The highest BCUT2D eigenvalue weighted by Crippen LogP contribution is 2.28. The van der Waals surface area contributed by atoms with Crippen molar-refractivity contribution in [3.8, 4) is 0 Å². The Morgan fingerprint density at radius 1 is 0.967 bits per heavy atom. The van der Waals surface area contributed by atoms with E-state index in [4.69, 9.17) is 16.3 Å². The van der Waals surface area contributed by atoms with Crippen LogP contribution in [0, 0.1) is 0 Å². The van der Waals surface area contributed by atoms with E-state index in [1.165, 1.54) is 16.4 Å². The van der Waals surface area contributed by atoms with Crippen molar-refractivity contribution in [3.05, 3.63) is 28.8 Å². The lowest BCUT2D eigenvalue weighted by Gasteiger charge is -2.34. The molecule has 0 aromatic heterocycles. The quantitative estimate of drug-likeness (QED) is 0.693. The minimum Gasteiger partial charge on any atom is -0.450 e. The molecule has 2 saturated heterocycles. The summed E-state index contributed by atoms with van der Waals surface area (Å²) in [6.07, 6.45) is 3.27. The Morgan fingerprint density at radius 2 is 1.57 bits per heavy atom. The molecule has 8 nitrogen and oxygen atoms in total. The lowest BCUT2D eigenvalue weighted by Crippen LogP contribution is -2.50. The highest BCUT2D eigenvalue weighted by atomic mass is 35.5. The monoisotopic (exact) mass is 457 g/mol. The summed E-state index contributed by atoms with van der Waals surface area (Å²) in [5.41, 5.74) is 0.275. The summed E-state index contributed by atoms with van der Waals surface area (Å²) in [7, 11) is -3.77. The number of carbonyl (C=O) groups is 2. The number of hydrogen-bond donors (Lipinski definition) is 0. The summed E-state index contributed by atoms with van der Waals surface area (Å²) < 4.78 is 32.8. The van der Waals surface area contributed by atoms with E-state index in [1.807, 2.05) is 0 Å². The molecule has 10 heteroatoms. The van der Waals surface area contributed by atoms with Gasteiger partial charge in [0, 0.05) is 44.8 Å². The van der Waals surface area contributed by atoms with Crippen molar-refractivity contribution in [2.24, 2.45) is 0 Å². The van der Waals surface area contributed by atoms with Gasteiger partial charge in [-0.1, -0.05) is 24.4 Å². The lowest BCUT2D eigenvalue weighted by atomic mass is 10.2. The largest absolute Gasteiger partial charge is 0.450 e. The molecule has 30 heavy (non-hydrogen) atoms. The second-order valence-corrected chi connectivity index (χ2v) is 9.76. The summed E-state index contributed by atoms with van der Waals surface area (Å²) >= 11 is 6.23. The first-order valence-electron chi connectivity index (χ1n) is 10.3. The molecule has 2 aliphatic heterocycles. The van der Waals surface area contributed by atoms with Gasteiger partial charge in [-0.3, -0.25) is 4.79 Å². The van der Waals surface area contributed by atoms with Crippen LogP contribution < -0.4 is 0 Å². The Labute approximate surface area is 182 Å². The van der Waals surface area contributed by atoms with Crippen molar-refractivity contribution in [3.63, 3.8) is 0 Å². The van der Waals surface area contributed by atoms with Gasteiger partial charge in [-0.2, -0.15) is 4.31 Å². The smallest absolute Gasteiger partial charge is 0.409 e. The fourth-order valence-corrected chi connectivity index (χ4v) is 5.76. The van der Waals surface area contributed by atoms with E-state index in [0.29, 0.717) is 45.9 Å². The molecular weight excluding hydrogens is 430 g/mol. The Bertz CT molecular complexity index is 876. The molecule has 0 aliphatic carbocycles. The van der Waals surface area contributed by atoms with E-state index in [1.54, 1.807) is 22.8 Å². The Morgan fingerprint density at radius 3 is 2.17 bits per heavy atom. The first kappa shape index (κ1) is 22.8. The van der Waals surface area contributed by atoms with Crippen LogP contribution in [0.25, 0.3) is 0 Å². The van der Waals surface area contributed by atoms with Crippen LogP contribution in [-0.4, -0.2) is 80.4 Å². The minimum atomic E-state index is -3.77. The molecule has 1 aromatic carbocycles. The zero-order valence-corrected chi connectivity index (χ0v) is 18.8. The molecule has 2 aliphatic rings. The second-order valence-electron chi connectivity index (χ2n) is 7.44. The van der Waals surface area contributed by atoms with Gasteiger partial charge < -0.3 is 14.5 Å². The molecule has 0 unspecified atom stereocenters. The van der Waals surface area contributed by atoms with Crippen molar-refractivity contribution in [1.29, 1.82) is 0 Å². The van der Waals surface area contributed by atoms with Gasteiger partial charge in [0.15, 0.2) is 0 Å². The highest BCUT2D eigenvalue weighted by Gasteiger charge is 2.30. The molecule has 0 atom stereocenters. The van der Waals surface area contributed by atoms with E-state index >= 15 is 0 Å². The van der Waals surface area contributed by atoms with Crippen LogP contribution >= 0.6 is 11.6 Å². The van der Waals surface area contributed by atoms with Crippen molar-refractivity contribution >= 4 is 33.6 Å². The number of carbonyl (C=O) groups excluding carboxylic acids is 2. The summed E-state index contributed by atoms with van der Waals surface area (Å²) in [4.78, 5) is 27.9. The van der Waals surface area contributed by atoms with Crippen LogP contribution in [0.15, 0.2) is 23.1 Å². The molecule has 2 amide bonds. The third-order valence-electron chi connectivity index (χ3n) is 5.45. The fourth-order valence-electron chi connectivity index (χ4n) is 3.74. The Hall–Kier alpha value is -1.84. The highest BCUT2D eigenvalue weighted by molar-refractivity contribution is 7.89. The summed E-state index contributed by atoms with van der Waals surface area (Å²) in [6.45, 7) is 4.43. The van der Waals surface area contributed by atoms with Crippen LogP contribution in [0.4, 0.5) is 4.79 Å². The molecule has 1 aromatic rings. The van der Waals surface area contributed by atoms with Gasteiger partial charge in [0.1, 0.15) is 4.90 Å². The fraction of sp³-hybridized carbons (Fsp3) is 0.600. The predicted octanol–water partition coefficient (Wildman–Crippen LogP) is 2.82. The zero-order chi connectivity index (χ0) is 21.7. The van der Waals surface area contributed by atoms with Crippen molar-refractivity contribution in [2.75, 3.05) is 45.9 Å². The number of halogens is 1. The van der Waals surface area contributed by atoms with Crippen LogP contribution in [0.1, 0.15) is 43.0 Å². The van der Waals surface area contributed by atoms with Gasteiger partial charge in [0.2, 0.25) is 10.0 Å². The molecule has 0 radical (unpaired) electrons. The van der Waals surface area contributed by atoms with Crippen LogP contribution in [0.2, 0.25) is 5.02 Å². The van der Waals surface area contributed by atoms with Gasteiger partial charge in [-0.25, -0.2) is 13.2 Å². The van der Waals surface area contributed by atoms with Crippen molar-refractivity contribution in [1.82, 2.24) is 14.1 Å². The molecular formula is C20H28ClN3O5S. The molecule has 2 heterocycles. The summed E-state index contributed by atoms with van der Waals surface area (Å²) in [6, 6.07) is 4.39. The van der Waals surface area contributed by atoms with Gasteiger partial charge in [-0.05, 0) is 38.0 Å². The normalized spacial score (nSPS) is 18.7. The maximum atomic E-state index is 13.1. The average molecular weight is 458 g/mol. The zero-order valence-electron chi connectivity index (χ0n) is 17.2. The van der Waals surface area contributed by atoms with E-state index in [2.05, 4.69) is 0 Å². The second kappa shape index (κ2) is 9.98. The maximum Gasteiger partial charge on any atom is 0.409 e. The third kappa shape index (κ3) is 5.07. The number of ether oxygens (including phenoxy) is 1. The van der Waals surface area contributed by atoms with Crippen LogP contribution in [-0.2, 0) is 14.8 Å². The number of sulfonamides is 1. The standard InChI is InChI=1S/C20H28ClN3O5S/c1-2-29-20(26)23-13-11-22(12-14-23)19(25)16-7-8-17(21)18(15-16)30(27,28)24-9-5-3-4-6-10-24/h7-8,15H,2-6,9-14H2,1H3. The molecule has 0 saturated carbocycles. The lowest BCUT2D eigenvalue weighted by molar-refractivity contribution is 0.0570. The van der Waals surface area contributed by atoms with E-state index < -0.39 is 10.0 Å². The number of amides is 2. The van der Waals surface area contributed by atoms with Gasteiger partial charge in [0.25, 0.3) is 5.91 Å².